The van der Waals surface area contributed by atoms with Crippen LogP contribution in [0.15, 0.2) is 0 Å². The highest BCUT2D eigenvalue weighted by Crippen LogP contribution is 2.04. The standard InChI is InChI=1S/C8H16N2O2/c1-2-9-8(11)12-6-7-4-3-5-10-7/h7,10H,2-6H2,1H3,(H,9,11). The van der Waals surface area contributed by atoms with Gasteiger partial charge in [-0.3, -0.25) is 0 Å². The van der Waals surface area contributed by atoms with Gasteiger partial charge in [0.1, 0.15) is 6.61 Å². The Kier molecular flexibility index (Phi) is 3.87. The number of amides is 1. The van der Waals surface area contributed by atoms with Crippen LogP contribution in [0.25, 0.3) is 0 Å². The maximum absolute atomic E-state index is 10.8. The van der Waals surface area contributed by atoms with Crippen LogP contribution in [0, 0.1) is 0 Å². The summed E-state index contributed by atoms with van der Waals surface area (Å²) in [6.45, 7) is 4.03. The van der Waals surface area contributed by atoms with Crippen molar-refractivity contribution < 1.29 is 9.53 Å². The highest BCUT2D eigenvalue weighted by atomic mass is 16.5. The van der Waals surface area contributed by atoms with Gasteiger partial charge in [0.05, 0.1) is 0 Å². The van der Waals surface area contributed by atoms with Crippen molar-refractivity contribution in [3.8, 4) is 0 Å². The molecule has 4 nitrogen and oxygen atoms in total. The van der Waals surface area contributed by atoms with Crippen LogP contribution in [0.1, 0.15) is 19.8 Å². The Bertz CT molecular complexity index is 144. The molecular formula is C8H16N2O2. The molecule has 1 aliphatic rings. The fraction of sp³-hybridized carbons (Fsp3) is 0.875. The largest absolute Gasteiger partial charge is 0.448 e. The fourth-order valence-electron chi connectivity index (χ4n) is 1.27. The molecule has 0 aromatic carbocycles. The Balaban J connectivity index is 2.03. The van der Waals surface area contributed by atoms with Crippen molar-refractivity contribution in [2.45, 2.75) is 25.8 Å². The summed E-state index contributed by atoms with van der Waals surface area (Å²) in [4.78, 5) is 10.8. The van der Waals surface area contributed by atoms with Gasteiger partial charge in [-0.15, -0.1) is 0 Å². The average molecular weight is 172 g/mol. The van der Waals surface area contributed by atoms with Crippen LogP contribution in [0.5, 0.6) is 0 Å². The summed E-state index contributed by atoms with van der Waals surface area (Å²) in [5, 5.41) is 5.83. The number of carbonyl (C=O) groups is 1. The predicted octanol–water partition coefficient (Wildman–Crippen LogP) is 0.484. The fourth-order valence-corrected chi connectivity index (χ4v) is 1.27. The van der Waals surface area contributed by atoms with E-state index in [1.54, 1.807) is 0 Å². The molecule has 0 aromatic heterocycles. The van der Waals surface area contributed by atoms with E-state index in [9.17, 15) is 4.79 Å². The number of nitrogens with one attached hydrogen (secondary N) is 2. The molecule has 2 N–H and O–H groups in total. The maximum Gasteiger partial charge on any atom is 0.407 e. The minimum Gasteiger partial charge on any atom is -0.448 e. The number of ether oxygens (including phenoxy) is 1. The van der Waals surface area contributed by atoms with E-state index < -0.39 is 0 Å². The topological polar surface area (TPSA) is 50.4 Å². The van der Waals surface area contributed by atoms with Gasteiger partial charge >= 0.3 is 6.09 Å². The van der Waals surface area contributed by atoms with Crippen molar-refractivity contribution in [1.82, 2.24) is 10.6 Å². The molecule has 1 atom stereocenters. The first-order valence-corrected chi connectivity index (χ1v) is 4.47. The zero-order valence-corrected chi connectivity index (χ0v) is 7.43. The SMILES string of the molecule is CCNC(=O)OCC1CCCN1. The number of alkyl carbamates (subject to hydrolysis) is 1. The summed E-state index contributed by atoms with van der Waals surface area (Å²) >= 11 is 0. The normalized spacial score (nSPS) is 22.2. The third kappa shape index (κ3) is 3.09. The Morgan fingerprint density at radius 2 is 2.58 bits per heavy atom. The highest BCUT2D eigenvalue weighted by molar-refractivity contribution is 5.66. The predicted molar refractivity (Wildman–Crippen MR) is 46.0 cm³/mol. The minimum absolute atomic E-state index is 0.314. The van der Waals surface area contributed by atoms with Gasteiger partial charge in [-0.1, -0.05) is 0 Å². The first-order valence-electron chi connectivity index (χ1n) is 4.47. The Labute approximate surface area is 72.7 Å². The average Bonchev–Trinajstić information content (AvgIpc) is 2.53. The summed E-state index contributed by atoms with van der Waals surface area (Å²) in [6.07, 6.45) is 1.98. The molecule has 4 heteroatoms. The van der Waals surface area contributed by atoms with Crippen molar-refractivity contribution in [3.05, 3.63) is 0 Å². The van der Waals surface area contributed by atoms with Crippen LogP contribution in [0.4, 0.5) is 4.79 Å². The molecule has 1 rings (SSSR count). The van der Waals surface area contributed by atoms with Crippen molar-refractivity contribution in [2.24, 2.45) is 0 Å². The summed E-state index contributed by atoms with van der Waals surface area (Å²) in [5.74, 6) is 0. The van der Waals surface area contributed by atoms with E-state index in [1.165, 1.54) is 6.42 Å². The van der Waals surface area contributed by atoms with Gasteiger partial charge < -0.3 is 15.4 Å². The lowest BCUT2D eigenvalue weighted by molar-refractivity contribution is 0.137. The summed E-state index contributed by atoms with van der Waals surface area (Å²) < 4.78 is 4.95. The van der Waals surface area contributed by atoms with E-state index in [0.717, 1.165) is 13.0 Å². The van der Waals surface area contributed by atoms with Gasteiger partial charge in [0, 0.05) is 12.6 Å². The zero-order valence-electron chi connectivity index (χ0n) is 7.43. The van der Waals surface area contributed by atoms with Crippen LogP contribution >= 0.6 is 0 Å². The zero-order chi connectivity index (χ0) is 8.81. The molecule has 1 amide bonds. The lowest BCUT2D eigenvalue weighted by atomic mass is 10.2. The smallest absolute Gasteiger partial charge is 0.407 e. The second-order valence-corrected chi connectivity index (χ2v) is 2.92. The molecule has 1 unspecified atom stereocenters. The first-order chi connectivity index (χ1) is 5.83. The van der Waals surface area contributed by atoms with Gasteiger partial charge in [0.15, 0.2) is 0 Å². The van der Waals surface area contributed by atoms with E-state index in [1.807, 2.05) is 6.92 Å². The number of carbonyl (C=O) groups excluding carboxylic acids is 1. The second kappa shape index (κ2) is 4.98. The quantitative estimate of drug-likeness (QED) is 0.651. The molecule has 0 radical (unpaired) electrons. The van der Waals surface area contributed by atoms with E-state index in [0.29, 0.717) is 19.2 Å². The third-order valence-corrected chi connectivity index (χ3v) is 1.90. The van der Waals surface area contributed by atoms with Gasteiger partial charge in [0.2, 0.25) is 0 Å². The summed E-state index contributed by atoms with van der Waals surface area (Å²) in [6, 6.07) is 0.368. The van der Waals surface area contributed by atoms with Crippen LogP contribution in [0.3, 0.4) is 0 Å². The van der Waals surface area contributed by atoms with E-state index in [4.69, 9.17) is 4.74 Å². The number of hydrogen-bond donors (Lipinski definition) is 2. The van der Waals surface area contributed by atoms with Crippen molar-refractivity contribution in [3.63, 3.8) is 0 Å². The molecule has 1 fully saturated rings. The van der Waals surface area contributed by atoms with E-state index in [-0.39, 0.29) is 6.09 Å². The van der Waals surface area contributed by atoms with E-state index >= 15 is 0 Å². The molecule has 1 heterocycles. The van der Waals surface area contributed by atoms with Crippen molar-refractivity contribution >= 4 is 6.09 Å². The highest BCUT2D eigenvalue weighted by Gasteiger charge is 2.15. The van der Waals surface area contributed by atoms with Gasteiger partial charge in [-0.2, -0.15) is 0 Å². The lowest BCUT2D eigenvalue weighted by Gasteiger charge is -2.10. The third-order valence-electron chi connectivity index (χ3n) is 1.90. The molecule has 0 aromatic rings. The molecule has 0 aliphatic carbocycles. The Hall–Kier alpha value is -0.770. The van der Waals surface area contributed by atoms with Crippen molar-refractivity contribution in [1.29, 1.82) is 0 Å². The molecule has 0 saturated carbocycles. The summed E-state index contributed by atoms with van der Waals surface area (Å²) in [7, 11) is 0. The summed E-state index contributed by atoms with van der Waals surface area (Å²) in [5.41, 5.74) is 0. The monoisotopic (exact) mass is 172 g/mol. The molecule has 0 spiro atoms. The number of rotatable bonds is 3. The Morgan fingerprint density at radius 3 is 3.17 bits per heavy atom. The van der Waals surface area contributed by atoms with Crippen LogP contribution in [0.2, 0.25) is 0 Å². The second-order valence-electron chi connectivity index (χ2n) is 2.92. The lowest BCUT2D eigenvalue weighted by Crippen LogP contribution is -2.32. The molecule has 12 heavy (non-hydrogen) atoms. The molecular weight excluding hydrogens is 156 g/mol. The van der Waals surface area contributed by atoms with Gasteiger partial charge in [-0.25, -0.2) is 4.79 Å². The molecule has 1 aliphatic heterocycles. The maximum atomic E-state index is 10.8. The Morgan fingerprint density at radius 1 is 1.75 bits per heavy atom. The van der Waals surface area contributed by atoms with Gasteiger partial charge in [0.25, 0.3) is 0 Å². The molecule has 0 bridgehead atoms. The first kappa shape index (κ1) is 9.32. The van der Waals surface area contributed by atoms with Crippen LogP contribution < -0.4 is 10.6 Å². The van der Waals surface area contributed by atoms with Crippen LogP contribution in [-0.4, -0.2) is 31.8 Å². The van der Waals surface area contributed by atoms with E-state index in [2.05, 4.69) is 10.6 Å². The molecule has 70 valence electrons. The van der Waals surface area contributed by atoms with Gasteiger partial charge in [-0.05, 0) is 26.3 Å². The number of hydrogen-bond acceptors (Lipinski definition) is 3. The minimum atomic E-state index is -0.314. The van der Waals surface area contributed by atoms with Crippen molar-refractivity contribution in [2.75, 3.05) is 19.7 Å². The van der Waals surface area contributed by atoms with Crippen LogP contribution in [-0.2, 0) is 4.74 Å². The molecule has 1 saturated heterocycles.